The summed E-state index contributed by atoms with van der Waals surface area (Å²) in [4.78, 5) is 85.7. The summed E-state index contributed by atoms with van der Waals surface area (Å²) in [7, 11) is 6.00. The highest BCUT2D eigenvalue weighted by Crippen LogP contribution is 2.37. The summed E-state index contributed by atoms with van der Waals surface area (Å²) in [6, 6.07) is 3.22. The Morgan fingerprint density at radius 1 is 1.00 bits per heavy atom. The van der Waals surface area contributed by atoms with Crippen molar-refractivity contribution in [2.24, 2.45) is 5.41 Å². The molecule has 56 heavy (non-hydrogen) atoms. The van der Waals surface area contributed by atoms with Gasteiger partial charge in [0.1, 0.15) is 34.9 Å². The normalized spacial score (nSPS) is 15.3. The standard InChI is InChI=1S/C35H46BrN5O10S5/c1-7-8-15-53-54-17-14-49-33(47)35(6,36)22-34(4,5)32(46)51-41-27(42)19-26(29(41)43)52-16-12-40-20-24(38-39-40)21-50-31(45)25-10-9-11-37-28(25)56-55-18-13-48-30(44)23(2)3/h9-11,20,26H,2,7-8,12-19,21-22H2,1,3-6H3. The van der Waals surface area contributed by atoms with Crippen molar-refractivity contribution in [3.8, 4) is 0 Å². The molecule has 15 nitrogen and oxygen atoms in total. The Bertz CT molecular complexity index is 1710. The van der Waals surface area contributed by atoms with Crippen LogP contribution in [0, 0.1) is 5.41 Å². The lowest BCUT2D eigenvalue weighted by Crippen LogP contribution is -2.43. The summed E-state index contributed by atoms with van der Waals surface area (Å²) in [5.41, 5.74) is -0.273. The minimum Gasteiger partial charge on any atom is -0.464 e. The Hall–Kier alpha value is -2.72. The molecule has 0 radical (unpaired) electrons. The van der Waals surface area contributed by atoms with Gasteiger partial charge < -0.3 is 19.0 Å². The fourth-order valence-corrected chi connectivity index (χ4v) is 10.5. The van der Waals surface area contributed by atoms with Crippen molar-refractivity contribution in [2.75, 3.05) is 36.2 Å². The molecule has 1 aliphatic rings. The SMILES string of the molecule is C=C(C)C(=O)OCCSSc1ncccc1C(=O)OCc1cn(CCSC2CC(=O)N(OC(=O)C(C)(C)CC(C)(Br)C(=O)OCCSSCCCC)C2=O)nn1. The molecule has 0 aromatic carbocycles. The van der Waals surface area contributed by atoms with Crippen molar-refractivity contribution in [1.82, 2.24) is 25.0 Å². The van der Waals surface area contributed by atoms with E-state index in [1.165, 1.54) is 38.0 Å². The first-order chi connectivity index (χ1) is 26.6. The minimum absolute atomic E-state index is 0.00986. The van der Waals surface area contributed by atoms with E-state index in [2.05, 4.69) is 44.7 Å². The summed E-state index contributed by atoms with van der Waals surface area (Å²) in [5, 5.41) is 8.28. The van der Waals surface area contributed by atoms with Gasteiger partial charge >= 0.3 is 23.9 Å². The first-order valence-electron chi connectivity index (χ1n) is 17.5. The van der Waals surface area contributed by atoms with Gasteiger partial charge in [0.25, 0.3) is 11.8 Å². The van der Waals surface area contributed by atoms with Crippen molar-refractivity contribution in [3.63, 3.8) is 0 Å². The Kier molecular flexibility index (Phi) is 20.1. The first kappa shape index (κ1) is 47.7. The quantitative estimate of drug-likeness (QED) is 0.0199. The van der Waals surface area contributed by atoms with Crippen molar-refractivity contribution in [1.29, 1.82) is 0 Å². The number of rotatable bonds is 25. The molecule has 2 aromatic heterocycles. The fourth-order valence-electron chi connectivity index (χ4n) is 4.65. The van der Waals surface area contributed by atoms with Gasteiger partial charge in [0, 0.05) is 34.8 Å². The number of alkyl halides is 1. The van der Waals surface area contributed by atoms with E-state index < -0.39 is 50.7 Å². The number of unbranched alkanes of at least 4 members (excludes halogenated alkanes) is 1. The molecular formula is C35H46BrN5O10S5. The molecule has 0 spiro atoms. The number of carbonyl (C=O) groups is 6. The molecule has 3 heterocycles. The Morgan fingerprint density at radius 2 is 1.71 bits per heavy atom. The summed E-state index contributed by atoms with van der Waals surface area (Å²) < 4.78 is 16.3. The molecule has 0 N–H and O–H groups in total. The van der Waals surface area contributed by atoms with Crippen LogP contribution in [0.1, 0.15) is 76.4 Å². The van der Waals surface area contributed by atoms with Crippen LogP contribution in [0.3, 0.4) is 0 Å². The second-order valence-corrected chi connectivity index (χ2v) is 21.3. The number of aryl methyl sites for hydroxylation is 1. The van der Waals surface area contributed by atoms with E-state index in [0.29, 0.717) is 45.2 Å². The smallest absolute Gasteiger partial charge is 0.341 e. The van der Waals surface area contributed by atoms with Gasteiger partial charge in [0.15, 0.2) is 0 Å². The Morgan fingerprint density at radius 3 is 2.45 bits per heavy atom. The van der Waals surface area contributed by atoms with Crippen molar-refractivity contribution in [3.05, 3.63) is 47.9 Å². The van der Waals surface area contributed by atoms with Gasteiger partial charge in [-0.15, -0.1) is 21.9 Å². The third kappa shape index (κ3) is 15.6. The number of amides is 2. The number of hydrogen-bond acceptors (Lipinski definition) is 18. The lowest BCUT2D eigenvalue weighted by Gasteiger charge is -2.30. The molecule has 1 fully saturated rings. The van der Waals surface area contributed by atoms with Crippen molar-refractivity contribution in [2.45, 2.75) is 88.1 Å². The highest BCUT2D eigenvalue weighted by Gasteiger charge is 2.47. The molecule has 2 unspecified atom stereocenters. The van der Waals surface area contributed by atoms with Crippen LogP contribution in [0.5, 0.6) is 0 Å². The predicted molar refractivity (Wildman–Crippen MR) is 223 cm³/mol. The van der Waals surface area contributed by atoms with Crippen molar-refractivity contribution < 1.29 is 47.8 Å². The average Bonchev–Trinajstić information content (AvgIpc) is 3.71. The Balaban J connectivity index is 1.41. The number of halogens is 1. The molecule has 0 saturated carbocycles. The van der Waals surface area contributed by atoms with Crippen LogP contribution >= 0.6 is 70.9 Å². The number of ether oxygens (including phenoxy) is 3. The number of aromatic nitrogens is 4. The van der Waals surface area contributed by atoms with E-state index in [0.717, 1.165) is 18.6 Å². The molecule has 2 atom stereocenters. The molecule has 3 rings (SSSR count). The second-order valence-electron chi connectivity index (χ2n) is 13.1. The predicted octanol–water partition coefficient (Wildman–Crippen LogP) is 6.50. The number of imide groups is 1. The maximum Gasteiger partial charge on any atom is 0.341 e. The number of nitrogens with zero attached hydrogens (tertiary/aromatic N) is 5. The highest BCUT2D eigenvalue weighted by molar-refractivity contribution is 9.10. The minimum atomic E-state index is -1.25. The molecule has 1 saturated heterocycles. The van der Waals surface area contributed by atoms with Crippen LogP contribution in [-0.2, 0) is 56.2 Å². The zero-order valence-corrected chi connectivity index (χ0v) is 37.5. The largest absolute Gasteiger partial charge is 0.464 e. The second kappa shape index (κ2) is 23.6. The third-order valence-corrected chi connectivity index (χ3v) is 14.0. The lowest BCUT2D eigenvalue weighted by molar-refractivity contribution is -0.204. The molecule has 1 aliphatic heterocycles. The molecule has 308 valence electrons. The first-order valence-corrected chi connectivity index (χ1v) is 24.1. The summed E-state index contributed by atoms with van der Waals surface area (Å²) in [5.74, 6) is -1.19. The molecule has 2 amide bonds. The maximum atomic E-state index is 13.2. The summed E-state index contributed by atoms with van der Waals surface area (Å²) in [6.07, 6.45) is 5.25. The zero-order valence-electron chi connectivity index (χ0n) is 31.8. The lowest BCUT2D eigenvalue weighted by atomic mass is 9.83. The van der Waals surface area contributed by atoms with Gasteiger partial charge in [-0.1, -0.05) is 73.4 Å². The average molecular weight is 937 g/mol. The van der Waals surface area contributed by atoms with E-state index in [1.54, 1.807) is 73.8 Å². The molecule has 21 heteroatoms. The maximum absolute atomic E-state index is 13.2. The van der Waals surface area contributed by atoms with E-state index in [-0.39, 0.29) is 38.2 Å². The van der Waals surface area contributed by atoms with Crippen LogP contribution in [-0.4, -0.2) is 107 Å². The van der Waals surface area contributed by atoms with Crippen LogP contribution in [0.25, 0.3) is 0 Å². The number of esters is 3. The van der Waals surface area contributed by atoms with Crippen molar-refractivity contribution >= 4 is 107 Å². The zero-order chi connectivity index (χ0) is 41.3. The molecule has 0 aliphatic carbocycles. The van der Waals surface area contributed by atoms with E-state index in [4.69, 9.17) is 19.0 Å². The molecule has 2 aromatic rings. The highest BCUT2D eigenvalue weighted by atomic mass is 79.9. The molecule has 0 bridgehead atoms. The fraction of sp³-hybridized carbons (Fsp3) is 0.571. The third-order valence-electron chi connectivity index (χ3n) is 7.51. The number of hydroxylamine groups is 2. The van der Waals surface area contributed by atoms with Gasteiger partial charge in [-0.25, -0.2) is 19.4 Å². The van der Waals surface area contributed by atoms with Gasteiger partial charge in [-0.2, -0.15) is 0 Å². The van der Waals surface area contributed by atoms with Gasteiger partial charge in [-0.05, 0) is 63.5 Å². The van der Waals surface area contributed by atoms with Crippen LogP contribution in [0.2, 0.25) is 0 Å². The van der Waals surface area contributed by atoms with E-state index in [1.807, 2.05) is 0 Å². The number of thioether (sulfide) groups is 1. The monoisotopic (exact) mass is 935 g/mol. The van der Waals surface area contributed by atoms with Gasteiger partial charge in [0.2, 0.25) is 0 Å². The Labute approximate surface area is 354 Å². The summed E-state index contributed by atoms with van der Waals surface area (Å²) >= 11 is 4.61. The van der Waals surface area contributed by atoms with E-state index in [9.17, 15) is 28.8 Å². The van der Waals surface area contributed by atoms with Gasteiger partial charge in [-0.3, -0.25) is 19.1 Å². The van der Waals surface area contributed by atoms with E-state index >= 15 is 0 Å². The summed E-state index contributed by atoms with van der Waals surface area (Å²) in [6.45, 7) is 12.6. The van der Waals surface area contributed by atoms with Crippen LogP contribution in [0.15, 0.2) is 41.7 Å². The number of carbonyl (C=O) groups excluding carboxylic acids is 6. The topological polar surface area (TPSA) is 186 Å². The number of pyridine rings is 1. The molecular weight excluding hydrogens is 891 g/mol. The van der Waals surface area contributed by atoms with Crippen LogP contribution < -0.4 is 0 Å². The van der Waals surface area contributed by atoms with Gasteiger partial charge in [0.05, 0.1) is 35.4 Å². The number of hydrogen-bond donors (Lipinski definition) is 0. The van der Waals surface area contributed by atoms with Crippen LogP contribution in [0.4, 0.5) is 0 Å².